The molecule has 0 aliphatic carbocycles. The van der Waals surface area contributed by atoms with Crippen molar-refractivity contribution in [2.24, 2.45) is 0 Å². The Morgan fingerprint density at radius 1 is 1.38 bits per heavy atom. The maximum Gasteiger partial charge on any atom is 0.407 e. The summed E-state index contributed by atoms with van der Waals surface area (Å²) in [6.45, 7) is 10.1. The Labute approximate surface area is 184 Å². The van der Waals surface area contributed by atoms with Gasteiger partial charge in [0.15, 0.2) is 5.69 Å². The molecular weight excluding hydrogens is 422 g/mol. The number of carbonyl (C=O) groups is 3. The molecule has 0 radical (unpaired) electrons. The largest absolute Gasteiger partial charge is 0.444 e. The van der Waals surface area contributed by atoms with Crippen molar-refractivity contribution in [1.29, 1.82) is 0 Å². The Kier molecular flexibility index (Phi) is 7.10. The van der Waals surface area contributed by atoms with E-state index in [-0.39, 0.29) is 37.5 Å². The van der Waals surface area contributed by atoms with Crippen LogP contribution in [0.3, 0.4) is 0 Å². The first-order chi connectivity index (χ1) is 15.2. The molecule has 1 unspecified atom stereocenters. The minimum atomic E-state index is -0.598. The predicted octanol–water partition coefficient (Wildman–Crippen LogP) is 0.543. The number of carbonyl (C=O) groups excluding carboxylic acids is 3. The highest BCUT2D eigenvalue weighted by Crippen LogP contribution is 2.26. The van der Waals surface area contributed by atoms with Crippen LogP contribution in [0.25, 0.3) is 5.70 Å². The van der Waals surface area contributed by atoms with Crippen molar-refractivity contribution in [3.63, 3.8) is 0 Å². The van der Waals surface area contributed by atoms with Crippen LogP contribution in [-0.4, -0.2) is 87.5 Å². The number of hydrogen-bond donors (Lipinski definition) is 2. The number of nitrogens with one attached hydrogen (secondary N) is 2. The Morgan fingerprint density at radius 2 is 2.16 bits per heavy atom. The fraction of sp³-hybridized carbons (Fsp3) is 0.526. The van der Waals surface area contributed by atoms with E-state index in [1.54, 1.807) is 31.7 Å². The average molecular weight is 449 g/mol. The normalized spacial score (nSPS) is 17.8. The summed E-state index contributed by atoms with van der Waals surface area (Å²) in [5, 5.41) is 11.6. The topological polar surface area (TPSA) is 140 Å². The van der Waals surface area contributed by atoms with Gasteiger partial charge >= 0.3 is 12.1 Å². The highest BCUT2D eigenvalue weighted by atomic mass is 16.7. The van der Waals surface area contributed by atoms with Crippen molar-refractivity contribution in [2.45, 2.75) is 32.4 Å². The Morgan fingerprint density at radius 3 is 2.88 bits per heavy atom. The quantitative estimate of drug-likeness (QED) is 0.316. The van der Waals surface area contributed by atoms with Gasteiger partial charge in [-0.1, -0.05) is 11.3 Å². The monoisotopic (exact) mass is 449 g/mol. The molecule has 1 aromatic heterocycles. The number of amides is 4. The highest BCUT2D eigenvalue weighted by Gasteiger charge is 2.41. The van der Waals surface area contributed by atoms with Crippen molar-refractivity contribution in [1.82, 2.24) is 35.8 Å². The summed E-state index contributed by atoms with van der Waals surface area (Å²) in [6.07, 6.45) is 4.27. The van der Waals surface area contributed by atoms with Gasteiger partial charge in [0.1, 0.15) is 5.60 Å². The lowest BCUT2D eigenvalue weighted by Gasteiger charge is -2.20. The van der Waals surface area contributed by atoms with Crippen LogP contribution in [0.4, 0.5) is 9.59 Å². The van der Waals surface area contributed by atoms with E-state index in [1.807, 2.05) is 6.08 Å². The van der Waals surface area contributed by atoms with E-state index in [4.69, 9.17) is 14.4 Å². The van der Waals surface area contributed by atoms with Gasteiger partial charge in [0, 0.05) is 13.1 Å². The number of urea groups is 1. The Hall–Kier alpha value is -3.45. The molecule has 2 N–H and O–H groups in total. The molecule has 1 aromatic rings. The smallest absolute Gasteiger partial charge is 0.407 e. The zero-order valence-corrected chi connectivity index (χ0v) is 18.2. The molecule has 1 saturated heterocycles. The van der Waals surface area contributed by atoms with Crippen molar-refractivity contribution < 1.29 is 28.8 Å². The molecular formula is C19H27N7O6. The van der Waals surface area contributed by atoms with Gasteiger partial charge in [0.25, 0.3) is 5.91 Å². The van der Waals surface area contributed by atoms with E-state index >= 15 is 0 Å². The molecule has 0 saturated carbocycles. The number of hydrogen-bond acceptors (Lipinski definition) is 8. The van der Waals surface area contributed by atoms with Crippen LogP contribution in [0.5, 0.6) is 0 Å². The lowest BCUT2D eigenvalue weighted by molar-refractivity contribution is -0.107. The average Bonchev–Trinajstić information content (AvgIpc) is 3.29. The highest BCUT2D eigenvalue weighted by molar-refractivity contribution is 5.91. The molecule has 13 heteroatoms. The molecule has 1 fully saturated rings. The van der Waals surface area contributed by atoms with E-state index < -0.39 is 17.6 Å². The number of aromatic nitrogens is 3. The molecule has 174 valence electrons. The van der Waals surface area contributed by atoms with Gasteiger partial charge in [0.2, 0.25) is 0 Å². The molecule has 3 rings (SSSR count). The molecule has 1 atom stereocenters. The summed E-state index contributed by atoms with van der Waals surface area (Å²) < 4.78 is 6.52. The molecule has 2 bridgehead atoms. The van der Waals surface area contributed by atoms with E-state index in [0.717, 1.165) is 0 Å². The first-order valence-corrected chi connectivity index (χ1v) is 10.0. The SMILES string of the molecule is C=CCON1C(=O)N2CC(n3cc(C(=O)NOCCNC(=O)OC(C)(C)C)nn3)=CC1C2. The van der Waals surface area contributed by atoms with Gasteiger partial charge in [-0.3, -0.25) is 14.5 Å². The van der Waals surface area contributed by atoms with Gasteiger partial charge in [-0.2, -0.15) is 5.06 Å². The summed E-state index contributed by atoms with van der Waals surface area (Å²) in [5.74, 6) is -0.597. The number of nitrogens with zero attached hydrogens (tertiary/aromatic N) is 5. The van der Waals surface area contributed by atoms with Crippen LogP contribution in [0.15, 0.2) is 24.9 Å². The third kappa shape index (κ3) is 5.82. The van der Waals surface area contributed by atoms with E-state index in [2.05, 4.69) is 27.7 Å². The van der Waals surface area contributed by atoms with Gasteiger partial charge in [0.05, 0.1) is 37.7 Å². The van der Waals surface area contributed by atoms with Crippen molar-refractivity contribution in [2.75, 3.05) is 32.8 Å². The molecule has 4 amide bonds. The van der Waals surface area contributed by atoms with Crippen molar-refractivity contribution in [3.8, 4) is 0 Å². The second-order valence-electron chi connectivity index (χ2n) is 8.06. The molecule has 13 nitrogen and oxygen atoms in total. The summed E-state index contributed by atoms with van der Waals surface area (Å²) in [7, 11) is 0. The maximum atomic E-state index is 12.4. The minimum Gasteiger partial charge on any atom is -0.444 e. The maximum absolute atomic E-state index is 12.4. The van der Waals surface area contributed by atoms with Gasteiger partial charge in [-0.15, -0.1) is 11.7 Å². The molecule has 0 spiro atoms. The first kappa shape index (κ1) is 23.2. The molecule has 3 heterocycles. The van der Waals surface area contributed by atoms with Crippen LogP contribution in [-0.2, 0) is 14.4 Å². The minimum absolute atomic E-state index is 0.0313. The third-order valence-electron chi connectivity index (χ3n) is 4.29. The van der Waals surface area contributed by atoms with Crippen molar-refractivity contribution >= 4 is 23.7 Å². The number of fused-ring (bicyclic) bond motifs is 2. The van der Waals surface area contributed by atoms with Crippen LogP contribution >= 0.6 is 0 Å². The van der Waals surface area contributed by atoms with Gasteiger partial charge < -0.3 is 15.0 Å². The standard InChI is InChI=1S/C19H27N7O6/c1-5-7-31-26-14-9-13(10-24(11-14)18(26)29)25-12-15(21-23-25)16(27)22-30-8-6-20-17(28)32-19(2,3)4/h5,9,12,14H,1,6-8,10-11H2,2-4H3,(H,20,28)(H,22,27). The fourth-order valence-corrected chi connectivity index (χ4v) is 3.01. The van der Waals surface area contributed by atoms with E-state index in [1.165, 1.54) is 15.9 Å². The van der Waals surface area contributed by atoms with Crippen LogP contribution in [0.1, 0.15) is 31.3 Å². The van der Waals surface area contributed by atoms with E-state index in [0.29, 0.717) is 18.8 Å². The zero-order valence-electron chi connectivity index (χ0n) is 18.2. The molecule has 2 aliphatic heterocycles. The van der Waals surface area contributed by atoms with Crippen LogP contribution in [0, 0.1) is 0 Å². The number of hydroxylamine groups is 3. The van der Waals surface area contributed by atoms with Crippen molar-refractivity contribution in [3.05, 3.63) is 30.6 Å². The second kappa shape index (κ2) is 9.78. The first-order valence-electron chi connectivity index (χ1n) is 10.0. The summed E-state index contributed by atoms with van der Waals surface area (Å²) in [5.41, 5.74) is 2.36. The number of alkyl carbamates (subject to hydrolysis) is 1. The Bertz CT molecular complexity index is 906. The van der Waals surface area contributed by atoms with Crippen LogP contribution < -0.4 is 10.8 Å². The van der Waals surface area contributed by atoms with Gasteiger partial charge in [-0.25, -0.2) is 19.8 Å². The number of ether oxygens (including phenoxy) is 1. The summed E-state index contributed by atoms with van der Waals surface area (Å²) in [6, 6.07) is -0.511. The zero-order chi connectivity index (χ0) is 23.3. The molecule has 0 aromatic carbocycles. The van der Waals surface area contributed by atoms with Crippen LogP contribution in [0.2, 0.25) is 0 Å². The summed E-state index contributed by atoms with van der Waals surface area (Å²) >= 11 is 0. The molecule has 32 heavy (non-hydrogen) atoms. The Balaban J connectivity index is 1.47. The van der Waals surface area contributed by atoms with Gasteiger partial charge in [-0.05, 0) is 26.8 Å². The third-order valence-corrected chi connectivity index (χ3v) is 4.29. The lowest BCUT2D eigenvalue weighted by atomic mass is 10.2. The second-order valence-corrected chi connectivity index (χ2v) is 8.06. The lowest BCUT2D eigenvalue weighted by Crippen LogP contribution is -2.35. The van der Waals surface area contributed by atoms with E-state index in [9.17, 15) is 14.4 Å². The summed E-state index contributed by atoms with van der Waals surface area (Å²) in [4.78, 5) is 48.2. The predicted molar refractivity (Wildman–Crippen MR) is 111 cm³/mol. The molecule has 2 aliphatic rings. The fourth-order valence-electron chi connectivity index (χ4n) is 3.01. The number of rotatable bonds is 9.